The van der Waals surface area contributed by atoms with Crippen LogP contribution in [-0.2, 0) is 6.54 Å². The van der Waals surface area contributed by atoms with Gasteiger partial charge in [-0.05, 0) is 39.6 Å². The summed E-state index contributed by atoms with van der Waals surface area (Å²) in [6, 6.07) is 2.65. The second-order valence-corrected chi connectivity index (χ2v) is 6.14. The summed E-state index contributed by atoms with van der Waals surface area (Å²) < 4.78 is 0. The first-order valence-corrected chi connectivity index (χ1v) is 7.37. The van der Waals surface area contributed by atoms with E-state index in [2.05, 4.69) is 70.0 Å². The number of hydrogen-bond acceptors (Lipinski definition) is 4. The van der Waals surface area contributed by atoms with E-state index in [1.807, 2.05) is 0 Å². The number of aryl methyl sites for hydroxylation is 2. The summed E-state index contributed by atoms with van der Waals surface area (Å²) in [5.74, 6) is 1.11. The van der Waals surface area contributed by atoms with Crippen LogP contribution in [0.25, 0.3) is 0 Å². The van der Waals surface area contributed by atoms with Gasteiger partial charge in [0, 0.05) is 44.0 Å². The predicted molar refractivity (Wildman–Crippen MR) is 87.5 cm³/mol. The molecule has 0 aliphatic carbocycles. The van der Waals surface area contributed by atoms with E-state index in [4.69, 9.17) is 4.98 Å². The second-order valence-electron chi connectivity index (χ2n) is 6.14. The fourth-order valence-electron chi connectivity index (χ4n) is 2.14. The lowest BCUT2D eigenvalue weighted by Gasteiger charge is -2.25. The molecule has 1 aromatic rings. The van der Waals surface area contributed by atoms with Gasteiger partial charge in [-0.15, -0.1) is 0 Å². The third-order valence-electron chi connectivity index (χ3n) is 3.38. The molecule has 0 aromatic carbocycles. The number of rotatable bonds is 7. The first-order valence-electron chi connectivity index (χ1n) is 7.37. The van der Waals surface area contributed by atoms with Gasteiger partial charge in [0.1, 0.15) is 5.82 Å². The van der Waals surface area contributed by atoms with Crippen LogP contribution in [0, 0.1) is 13.8 Å². The van der Waals surface area contributed by atoms with Gasteiger partial charge in [0.05, 0.1) is 0 Å². The summed E-state index contributed by atoms with van der Waals surface area (Å²) in [6.07, 6.45) is 0. The molecule has 0 atom stereocenters. The molecule has 4 heteroatoms. The van der Waals surface area contributed by atoms with Crippen LogP contribution in [0.4, 0.5) is 5.82 Å². The standard InChI is InChI=1S/C16H30N4/c1-12(2)17-11-15-13(3)10-14(4)18-16(15)20(7)9-8-19(5)6/h10,12,17H,8-9,11H2,1-7H3. The topological polar surface area (TPSA) is 31.4 Å². The van der Waals surface area contributed by atoms with Crippen molar-refractivity contribution in [1.29, 1.82) is 0 Å². The Hall–Kier alpha value is -1.13. The number of aromatic nitrogens is 1. The minimum absolute atomic E-state index is 0.482. The van der Waals surface area contributed by atoms with Gasteiger partial charge in [0.2, 0.25) is 0 Å². The summed E-state index contributed by atoms with van der Waals surface area (Å²) in [7, 11) is 6.33. The molecule has 0 spiro atoms. The highest BCUT2D eigenvalue weighted by Crippen LogP contribution is 2.21. The summed E-state index contributed by atoms with van der Waals surface area (Å²) in [5, 5.41) is 3.51. The number of anilines is 1. The average Bonchev–Trinajstić information content (AvgIpc) is 2.33. The first kappa shape index (κ1) is 16.9. The highest BCUT2D eigenvalue weighted by atomic mass is 15.2. The first-order chi connectivity index (χ1) is 9.31. The lowest BCUT2D eigenvalue weighted by molar-refractivity contribution is 0.416. The van der Waals surface area contributed by atoms with Crippen molar-refractivity contribution in [1.82, 2.24) is 15.2 Å². The SMILES string of the molecule is Cc1cc(C)c(CNC(C)C)c(N(C)CCN(C)C)n1. The highest BCUT2D eigenvalue weighted by Gasteiger charge is 2.13. The van der Waals surface area contributed by atoms with Crippen molar-refractivity contribution >= 4 is 5.82 Å². The maximum atomic E-state index is 4.76. The molecular formula is C16H30N4. The zero-order chi connectivity index (χ0) is 15.3. The number of nitrogens with zero attached hydrogens (tertiary/aromatic N) is 3. The van der Waals surface area contributed by atoms with E-state index in [0.717, 1.165) is 31.1 Å². The Morgan fingerprint density at radius 2 is 1.80 bits per heavy atom. The third-order valence-corrected chi connectivity index (χ3v) is 3.38. The molecule has 114 valence electrons. The molecule has 0 radical (unpaired) electrons. The highest BCUT2D eigenvalue weighted by molar-refractivity contribution is 5.51. The Morgan fingerprint density at radius 3 is 2.35 bits per heavy atom. The van der Waals surface area contributed by atoms with Gasteiger partial charge in [-0.2, -0.15) is 0 Å². The maximum absolute atomic E-state index is 4.76. The van der Waals surface area contributed by atoms with Crippen molar-refractivity contribution in [2.45, 2.75) is 40.3 Å². The molecule has 0 saturated carbocycles. The van der Waals surface area contributed by atoms with Gasteiger partial charge in [0.15, 0.2) is 0 Å². The molecule has 0 unspecified atom stereocenters. The van der Waals surface area contributed by atoms with Gasteiger partial charge in [-0.1, -0.05) is 13.8 Å². The van der Waals surface area contributed by atoms with E-state index in [0.29, 0.717) is 6.04 Å². The molecule has 0 amide bonds. The van der Waals surface area contributed by atoms with E-state index < -0.39 is 0 Å². The van der Waals surface area contributed by atoms with Crippen LogP contribution in [0.1, 0.15) is 30.7 Å². The van der Waals surface area contributed by atoms with Gasteiger partial charge in [0.25, 0.3) is 0 Å². The number of nitrogens with one attached hydrogen (secondary N) is 1. The summed E-state index contributed by atoms with van der Waals surface area (Å²) in [4.78, 5) is 9.22. The normalized spacial score (nSPS) is 11.4. The monoisotopic (exact) mass is 278 g/mol. The molecule has 1 N–H and O–H groups in total. The quantitative estimate of drug-likeness (QED) is 0.828. The zero-order valence-corrected chi connectivity index (χ0v) is 14.1. The van der Waals surface area contributed by atoms with Crippen molar-refractivity contribution < 1.29 is 0 Å². The van der Waals surface area contributed by atoms with E-state index in [1.165, 1.54) is 11.1 Å². The minimum atomic E-state index is 0.482. The van der Waals surface area contributed by atoms with Gasteiger partial charge in [-0.3, -0.25) is 0 Å². The van der Waals surface area contributed by atoms with Crippen LogP contribution in [-0.4, -0.2) is 50.2 Å². The molecule has 1 rings (SSSR count). The molecule has 1 heterocycles. The third kappa shape index (κ3) is 5.10. The van der Waals surface area contributed by atoms with E-state index in [1.54, 1.807) is 0 Å². The molecule has 0 fully saturated rings. The summed E-state index contributed by atoms with van der Waals surface area (Å²) in [6.45, 7) is 11.5. The Labute approximate surface area is 124 Å². The Kier molecular flexibility index (Phi) is 6.43. The predicted octanol–water partition coefficient (Wildman–Crippen LogP) is 2.19. The Balaban J connectivity index is 2.96. The molecule has 0 saturated heterocycles. The zero-order valence-electron chi connectivity index (χ0n) is 14.1. The lowest BCUT2D eigenvalue weighted by atomic mass is 10.1. The second kappa shape index (κ2) is 7.60. The molecule has 1 aromatic heterocycles. The van der Waals surface area contributed by atoms with Crippen molar-refractivity contribution in [3.63, 3.8) is 0 Å². The van der Waals surface area contributed by atoms with Crippen LogP contribution in [0.5, 0.6) is 0 Å². The molecule has 0 aliphatic heterocycles. The molecule has 0 bridgehead atoms. The molecule has 20 heavy (non-hydrogen) atoms. The smallest absolute Gasteiger partial charge is 0.133 e. The maximum Gasteiger partial charge on any atom is 0.133 e. The lowest BCUT2D eigenvalue weighted by Crippen LogP contribution is -2.31. The minimum Gasteiger partial charge on any atom is -0.358 e. The number of likely N-dealkylation sites (N-methyl/N-ethyl adjacent to an activating group) is 2. The van der Waals surface area contributed by atoms with Gasteiger partial charge < -0.3 is 15.1 Å². The van der Waals surface area contributed by atoms with Crippen LogP contribution in [0.3, 0.4) is 0 Å². The fraction of sp³-hybridized carbons (Fsp3) is 0.688. The van der Waals surface area contributed by atoms with Crippen LogP contribution in [0.15, 0.2) is 6.07 Å². The van der Waals surface area contributed by atoms with Gasteiger partial charge >= 0.3 is 0 Å². The largest absolute Gasteiger partial charge is 0.358 e. The number of hydrogen-bond donors (Lipinski definition) is 1. The van der Waals surface area contributed by atoms with Crippen molar-refractivity contribution in [2.75, 3.05) is 39.1 Å². The summed E-state index contributed by atoms with van der Waals surface area (Å²) >= 11 is 0. The van der Waals surface area contributed by atoms with Crippen molar-refractivity contribution in [3.05, 3.63) is 22.9 Å². The number of pyridine rings is 1. The molecule has 0 aliphatic rings. The van der Waals surface area contributed by atoms with E-state index >= 15 is 0 Å². The summed E-state index contributed by atoms with van der Waals surface area (Å²) in [5.41, 5.74) is 3.71. The average molecular weight is 278 g/mol. The Morgan fingerprint density at radius 1 is 1.15 bits per heavy atom. The van der Waals surface area contributed by atoms with E-state index in [-0.39, 0.29) is 0 Å². The van der Waals surface area contributed by atoms with E-state index in [9.17, 15) is 0 Å². The molecular weight excluding hydrogens is 248 g/mol. The van der Waals surface area contributed by atoms with Crippen LogP contribution >= 0.6 is 0 Å². The molecule has 4 nitrogen and oxygen atoms in total. The van der Waals surface area contributed by atoms with Gasteiger partial charge in [-0.25, -0.2) is 4.98 Å². The van der Waals surface area contributed by atoms with Crippen molar-refractivity contribution in [2.24, 2.45) is 0 Å². The fourth-order valence-corrected chi connectivity index (χ4v) is 2.14. The van der Waals surface area contributed by atoms with Crippen LogP contribution in [0.2, 0.25) is 0 Å². The Bertz CT molecular complexity index is 427. The van der Waals surface area contributed by atoms with Crippen molar-refractivity contribution in [3.8, 4) is 0 Å². The van der Waals surface area contributed by atoms with Crippen LogP contribution < -0.4 is 10.2 Å².